The first-order chi connectivity index (χ1) is 17.3. The zero-order chi connectivity index (χ0) is 25.1. The number of pyridine rings is 1. The Hall–Kier alpha value is -4.18. The van der Waals surface area contributed by atoms with Crippen LogP contribution in [0.25, 0.3) is 32.9 Å². The van der Waals surface area contributed by atoms with Gasteiger partial charge in [-0.15, -0.1) is 0 Å². The van der Waals surface area contributed by atoms with Gasteiger partial charge in [0.1, 0.15) is 17.9 Å². The van der Waals surface area contributed by atoms with Gasteiger partial charge in [-0.25, -0.2) is 15.0 Å². The summed E-state index contributed by atoms with van der Waals surface area (Å²) in [4.78, 5) is 35.7. The maximum Gasteiger partial charge on any atom is 0.272 e. The number of carbonyl (C=O) groups is 2. The van der Waals surface area contributed by atoms with Gasteiger partial charge in [0.15, 0.2) is 5.58 Å². The first-order valence-electron chi connectivity index (χ1n) is 11.5. The molecule has 182 valence electrons. The van der Waals surface area contributed by atoms with Crippen molar-refractivity contribution in [3.8, 4) is 0 Å². The molecule has 0 atom stereocenters. The average Bonchev–Trinajstić information content (AvgIpc) is 3.53. The smallest absolute Gasteiger partial charge is 0.272 e. The van der Waals surface area contributed by atoms with E-state index < -0.39 is 0 Å². The molecule has 36 heavy (non-hydrogen) atoms. The second-order valence-electron chi connectivity index (χ2n) is 8.98. The lowest BCUT2D eigenvalue weighted by Crippen LogP contribution is -2.47. The Morgan fingerprint density at radius 2 is 1.94 bits per heavy atom. The highest BCUT2D eigenvalue weighted by molar-refractivity contribution is 6.31. The Balaban J connectivity index is 1.42. The highest BCUT2D eigenvalue weighted by atomic mass is 35.5. The van der Waals surface area contributed by atoms with Crippen molar-refractivity contribution in [1.29, 1.82) is 0 Å². The van der Waals surface area contributed by atoms with Crippen LogP contribution in [0, 0.1) is 5.92 Å². The van der Waals surface area contributed by atoms with E-state index in [0.717, 1.165) is 23.7 Å². The fourth-order valence-electron chi connectivity index (χ4n) is 4.41. The molecule has 1 aliphatic carbocycles. The average molecular weight is 504 g/mol. The van der Waals surface area contributed by atoms with E-state index in [0.29, 0.717) is 44.3 Å². The van der Waals surface area contributed by atoms with Crippen LogP contribution in [0.3, 0.4) is 0 Å². The van der Waals surface area contributed by atoms with Crippen molar-refractivity contribution < 1.29 is 14.0 Å². The molecule has 0 radical (unpaired) electrons. The Morgan fingerprint density at radius 3 is 2.72 bits per heavy atom. The van der Waals surface area contributed by atoms with Crippen LogP contribution in [-0.2, 0) is 18.4 Å². The van der Waals surface area contributed by atoms with Crippen LogP contribution in [0.2, 0.25) is 5.02 Å². The number of anilines is 1. The zero-order valence-electron chi connectivity index (χ0n) is 19.6. The summed E-state index contributed by atoms with van der Waals surface area (Å²) in [5.41, 5.74) is 9.03. The predicted molar refractivity (Wildman–Crippen MR) is 135 cm³/mol. The van der Waals surface area contributed by atoms with Gasteiger partial charge in [0.2, 0.25) is 11.8 Å². The molecule has 11 heteroatoms. The number of aryl methyl sites for hydroxylation is 1. The quantitative estimate of drug-likeness (QED) is 0.368. The topological polar surface area (TPSA) is 123 Å². The first-order valence-corrected chi connectivity index (χ1v) is 11.8. The fraction of sp³-hybridized carbons (Fsp3) is 0.240. The third-order valence-electron chi connectivity index (χ3n) is 6.48. The van der Waals surface area contributed by atoms with E-state index in [4.69, 9.17) is 21.8 Å². The minimum Gasteiger partial charge on any atom is -0.439 e. The molecule has 1 saturated carbocycles. The van der Waals surface area contributed by atoms with Gasteiger partial charge in [-0.2, -0.15) is 5.10 Å². The second-order valence-corrected chi connectivity index (χ2v) is 9.41. The Labute approximate surface area is 210 Å². The van der Waals surface area contributed by atoms with E-state index in [2.05, 4.69) is 15.1 Å². The summed E-state index contributed by atoms with van der Waals surface area (Å²) < 4.78 is 7.56. The van der Waals surface area contributed by atoms with Crippen molar-refractivity contribution in [2.75, 3.05) is 12.8 Å². The van der Waals surface area contributed by atoms with Crippen LogP contribution in [0.15, 0.2) is 47.0 Å². The van der Waals surface area contributed by atoms with Crippen LogP contribution >= 0.6 is 11.6 Å². The van der Waals surface area contributed by atoms with E-state index in [1.165, 1.54) is 10.0 Å². The molecule has 1 fully saturated rings. The maximum absolute atomic E-state index is 13.9. The van der Waals surface area contributed by atoms with Gasteiger partial charge in [0.25, 0.3) is 5.91 Å². The lowest BCUT2D eigenvalue weighted by Gasteiger charge is -2.31. The SMILES string of the molecule is CN(C(=O)C1CC1)N(Cc1nc2cc(Cl)ccc2o1)C(=O)c1ccc2nc(N)c3cnn(C)c3c2c1. The second kappa shape index (κ2) is 8.20. The Morgan fingerprint density at radius 1 is 1.14 bits per heavy atom. The van der Waals surface area contributed by atoms with Crippen molar-refractivity contribution in [3.05, 3.63) is 59.1 Å². The number of hydrogen-bond acceptors (Lipinski definition) is 7. The third-order valence-corrected chi connectivity index (χ3v) is 6.71. The van der Waals surface area contributed by atoms with Crippen LogP contribution in [0.1, 0.15) is 29.1 Å². The predicted octanol–water partition coefficient (Wildman–Crippen LogP) is 3.92. The lowest BCUT2D eigenvalue weighted by atomic mass is 10.1. The molecule has 0 spiro atoms. The molecule has 0 aliphatic heterocycles. The number of halogens is 1. The lowest BCUT2D eigenvalue weighted by molar-refractivity contribution is -0.144. The van der Waals surface area contributed by atoms with Crippen molar-refractivity contribution >= 4 is 62.1 Å². The number of amides is 2. The summed E-state index contributed by atoms with van der Waals surface area (Å²) in [6.07, 6.45) is 3.28. The molecule has 0 saturated heterocycles. The van der Waals surface area contributed by atoms with Crippen LogP contribution in [0.4, 0.5) is 5.82 Å². The number of nitrogen functional groups attached to an aromatic ring is 1. The molecule has 3 aromatic heterocycles. The van der Waals surface area contributed by atoms with Crippen molar-refractivity contribution in [1.82, 2.24) is 29.8 Å². The number of nitrogens with two attached hydrogens (primary N) is 1. The number of fused-ring (bicyclic) bond motifs is 4. The number of carbonyl (C=O) groups excluding carboxylic acids is 2. The molecule has 1 aliphatic rings. The fourth-order valence-corrected chi connectivity index (χ4v) is 4.58. The molecule has 0 unspecified atom stereocenters. The molecule has 6 rings (SSSR count). The van der Waals surface area contributed by atoms with Crippen molar-refractivity contribution in [2.24, 2.45) is 13.0 Å². The molecule has 5 aromatic rings. The first kappa shape index (κ1) is 22.3. The highest BCUT2D eigenvalue weighted by Crippen LogP contribution is 2.32. The molecule has 2 aromatic carbocycles. The summed E-state index contributed by atoms with van der Waals surface area (Å²) in [5, 5.41) is 8.99. The van der Waals surface area contributed by atoms with Gasteiger partial charge in [-0.05, 0) is 49.2 Å². The number of benzene rings is 2. The van der Waals surface area contributed by atoms with E-state index in [1.54, 1.807) is 54.3 Å². The minimum atomic E-state index is -0.374. The summed E-state index contributed by atoms with van der Waals surface area (Å²) in [6.45, 7) is -0.0285. The molecule has 2 amide bonds. The zero-order valence-corrected chi connectivity index (χ0v) is 20.4. The normalized spacial score (nSPS) is 13.5. The number of rotatable bonds is 4. The summed E-state index contributed by atoms with van der Waals surface area (Å²) in [6, 6.07) is 10.3. The van der Waals surface area contributed by atoms with E-state index in [1.807, 2.05) is 7.05 Å². The van der Waals surface area contributed by atoms with E-state index >= 15 is 0 Å². The highest BCUT2D eigenvalue weighted by Gasteiger charge is 2.36. The Kier molecular flexibility index (Phi) is 5.08. The van der Waals surface area contributed by atoms with Crippen molar-refractivity contribution in [2.45, 2.75) is 19.4 Å². The van der Waals surface area contributed by atoms with E-state index in [9.17, 15) is 9.59 Å². The van der Waals surface area contributed by atoms with Crippen molar-refractivity contribution in [3.63, 3.8) is 0 Å². The largest absolute Gasteiger partial charge is 0.439 e. The standard InChI is InChI=1S/C25H22ClN7O3/c1-31-22-16-9-14(5-7-18(16)30-23(27)17(22)11-28-31)25(35)33(32(2)24(34)13-3-4-13)12-21-29-19-10-15(26)6-8-20(19)36-21/h5-11,13H,3-4,12H2,1-2H3,(H2,27,30). The molecule has 3 heterocycles. The number of nitrogens with zero attached hydrogens (tertiary/aromatic N) is 6. The summed E-state index contributed by atoms with van der Waals surface area (Å²) in [5.74, 6) is 0.0932. The Bertz CT molecular complexity index is 1690. The van der Waals surface area contributed by atoms with Gasteiger partial charge in [0.05, 0.1) is 22.6 Å². The molecular weight excluding hydrogens is 482 g/mol. The van der Waals surface area contributed by atoms with Gasteiger partial charge in [-0.3, -0.25) is 19.3 Å². The maximum atomic E-state index is 13.9. The van der Waals surface area contributed by atoms with E-state index in [-0.39, 0.29) is 24.3 Å². The minimum absolute atomic E-state index is 0.0285. The van der Waals surface area contributed by atoms with Gasteiger partial charge >= 0.3 is 0 Å². The number of oxazole rings is 1. The molecule has 0 bridgehead atoms. The number of hydrogen-bond donors (Lipinski definition) is 1. The number of aromatic nitrogens is 4. The summed E-state index contributed by atoms with van der Waals surface area (Å²) >= 11 is 6.08. The summed E-state index contributed by atoms with van der Waals surface area (Å²) in [7, 11) is 3.41. The molecular formula is C25H22ClN7O3. The number of hydrazine groups is 1. The van der Waals surface area contributed by atoms with Crippen LogP contribution in [-0.4, -0.2) is 48.6 Å². The molecule has 2 N–H and O–H groups in total. The van der Waals surface area contributed by atoms with Gasteiger partial charge in [0, 0.05) is 36.0 Å². The monoisotopic (exact) mass is 503 g/mol. The van der Waals surface area contributed by atoms with Crippen LogP contribution < -0.4 is 5.73 Å². The van der Waals surface area contributed by atoms with Crippen LogP contribution in [0.5, 0.6) is 0 Å². The third kappa shape index (κ3) is 3.70. The molecule has 10 nitrogen and oxygen atoms in total. The van der Waals surface area contributed by atoms with Gasteiger partial charge < -0.3 is 10.2 Å². The van der Waals surface area contributed by atoms with Gasteiger partial charge in [-0.1, -0.05) is 11.6 Å².